The number of carbonyl (C=O) groups excluding carboxylic acids is 1. The van der Waals surface area contributed by atoms with E-state index in [1.807, 2.05) is 48.5 Å². The zero-order valence-corrected chi connectivity index (χ0v) is 21.4. The summed E-state index contributed by atoms with van der Waals surface area (Å²) >= 11 is 7.21. The Morgan fingerprint density at radius 3 is 2.37 bits per heavy atom. The molecule has 1 amide bonds. The quantitative estimate of drug-likeness (QED) is 0.249. The average Bonchev–Trinajstić information content (AvgIpc) is 3.21. The highest BCUT2D eigenvalue weighted by Crippen LogP contribution is 2.44. The van der Waals surface area contributed by atoms with Gasteiger partial charge in [-0.25, -0.2) is 14.4 Å². The molecule has 10 heteroatoms. The van der Waals surface area contributed by atoms with Crippen molar-refractivity contribution in [2.75, 3.05) is 12.4 Å². The van der Waals surface area contributed by atoms with Crippen molar-refractivity contribution in [3.63, 3.8) is 0 Å². The molecule has 5 rings (SSSR count). The molecule has 38 heavy (non-hydrogen) atoms. The number of aliphatic carboxylic acids is 1. The van der Waals surface area contributed by atoms with Crippen molar-refractivity contribution >= 4 is 46.4 Å². The van der Waals surface area contributed by atoms with Crippen LogP contribution >= 0.6 is 23.4 Å². The first kappa shape index (κ1) is 25.7. The lowest BCUT2D eigenvalue weighted by molar-refractivity contribution is -0.138. The fourth-order valence-electron chi connectivity index (χ4n) is 4.60. The van der Waals surface area contributed by atoms with Crippen LogP contribution in [0.1, 0.15) is 22.6 Å². The Kier molecular flexibility index (Phi) is 7.31. The fourth-order valence-corrected chi connectivity index (χ4v) is 5.80. The first-order chi connectivity index (χ1) is 18.3. The third-order valence-electron chi connectivity index (χ3n) is 6.37. The van der Waals surface area contributed by atoms with Crippen molar-refractivity contribution in [3.8, 4) is 16.9 Å². The van der Waals surface area contributed by atoms with Gasteiger partial charge in [-0.2, -0.15) is 11.8 Å². The number of aromatic hydroxyl groups is 1. The number of nitrogens with one attached hydrogen (secondary N) is 1. The van der Waals surface area contributed by atoms with Gasteiger partial charge in [-0.05, 0) is 33.9 Å². The molecule has 1 aliphatic carbocycles. The molecule has 0 saturated carbocycles. The molecule has 3 aromatic carbocycles. The summed E-state index contributed by atoms with van der Waals surface area (Å²) in [4.78, 5) is 36.3. The summed E-state index contributed by atoms with van der Waals surface area (Å²) in [6, 6.07) is 18.7. The van der Waals surface area contributed by atoms with Crippen LogP contribution in [0.2, 0.25) is 5.02 Å². The number of phenolic OH excluding ortho intramolecular Hbond substituents is 1. The van der Waals surface area contributed by atoms with Gasteiger partial charge in [-0.15, -0.1) is 0 Å². The van der Waals surface area contributed by atoms with Gasteiger partial charge in [0, 0.05) is 34.9 Å². The number of benzene rings is 3. The highest BCUT2D eigenvalue weighted by atomic mass is 35.5. The van der Waals surface area contributed by atoms with E-state index in [-0.39, 0.29) is 40.4 Å². The minimum absolute atomic E-state index is 0.0209. The van der Waals surface area contributed by atoms with E-state index in [1.165, 1.54) is 30.0 Å². The van der Waals surface area contributed by atoms with Gasteiger partial charge in [0.05, 0.1) is 5.02 Å². The van der Waals surface area contributed by atoms with Crippen LogP contribution in [-0.2, 0) is 15.3 Å². The van der Waals surface area contributed by atoms with Crippen molar-refractivity contribution in [1.82, 2.24) is 5.32 Å². The molecule has 0 bridgehead atoms. The first-order valence-electron chi connectivity index (χ1n) is 11.7. The molecule has 0 saturated heterocycles. The van der Waals surface area contributed by atoms with Crippen LogP contribution in [0.15, 0.2) is 75.9 Å². The predicted octanol–water partition coefficient (Wildman–Crippen LogP) is 5.38. The summed E-state index contributed by atoms with van der Waals surface area (Å²) in [5.41, 5.74) is 4.42. The molecule has 4 aromatic rings. The van der Waals surface area contributed by atoms with Gasteiger partial charge in [0.1, 0.15) is 24.0 Å². The minimum atomic E-state index is -1.21. The molecule has 0 aliphatic heterocycles. The molecule has 8 nitrogen and oxygen atoms in total. The van der Waals surface area contributed by atoms with Crippen molar-refractivity contribution in [1.29, 1.82) is 0 Å². The number of hydrogen-bond acceptors (Lipinski definition) is 7. The Balaban J connectivity index is 1.22. The topological polar surface area (TPSA) is 126 Å². The molecule has 1 heterocycles. The lowest BCUT2D eigenvalue weighted by atomic mass is 9.98. The number of phenols is 1. The number of hydrogen-bond donors (Lipinski definition) is 3. The van der Waals surface area contributed by atoms with Crippen LogP contribution in [0.25, 0.3) is 22.1 Å². The highest BCUT2D eigenvalue weighted by molar-refractivity contribution is 7.98. The smallest absolute Gasteiger partial charge is 0.407 e. The summed E-state index contributed by atoms with van der Waals surface area (Å²) in [5.74, 6) is -1.30. The number of halogens is 1. The Morgan fingerprint density at radius 1 is 1.05 bits per heavy atom. The second-order valence-corrected chi connectivity index (χ2v) is 10.2. The number of amides is 1. The van der Waals surface area contributed by atoms with Gasteiger partial charge >= 0.3 is 17.7 Å². The van der Waals surface area contributed by atoms with Gasteiger partial charge < -0.3 is 24.7 Å². The molecule has 0 unspecified atom stereocenters. The van der Waals surface area contributed by atoms with E-state index in [9.17, 15) is 24.6 Å². The Hall–Kier alpha value is -3.95. The van der Waals surface area contributed by atoms with E-state index >= 15 is 0 Å². The van der Waals surface area contributed by atoms with E-state index in [1.54, 1.807) is 0 Å². The van der Waals surface area contributed by atoms with Crippen molar-refractivity contribution in [2.45, 2.75) is 17.7 Å². The SMILES string of the molecule is O=C(N[C@@H](CSCc1cc(=O)oc2cc(O)c(Cl)cc12)C(=O)O)OCC1c2ccccc2-c2ccccc21. The third-order valence-corrected chi connectivity index (χ3v) is 7.76. The number of fused-ring (bicyclic) bond motifs is 4. The van der Waals surface area contributed by atoms with E-state index < -0.39 is 23.7 Å². The maximum atomic E-state index is 12.6. The fraction of sp³-hybridized carbons (Fsp3) is 0.179. The summed E-state index contributed by atoms with van der Waals surface area (Å²) in [5, 5.41) is 22.5. The van der Waals surface area contributed by atoms with Crippen LogP contribution < -0.4 is 10.9 Å². The molecule has 0 radical (unpaired) electrons. The third kappa shape index (κ3) is 5.20. The predicted molar refractivity (Wildman–Crippen MR) is 145 cm³/mol. The zero-order valence-electron chi connectivity index (χ0n) is 19.8. The van der Waals surface area contributed by atoms with Gasteiger partial charge in [-0.1, -0.05) is 60.1 Å². The number of ether oxygens (including phenoxy) is 1. The van der Waals surface area contributed by atoms with Gasteiger partial charge in [0.25, 0.3) is 0 Å². The van der Waals surface area contributed by atoms with E-state index in [0.29, 0.717) is 10.9 Å². The molecular weight excluding hydrogens is 530 g/mol. The van der Waals surface area contributed by atoms with Crippen LogP contribution in [0, 0.1) is 0 Å². The lowest BCUT2D eigenvalue weighted by Crippen LogP contribution is -2.43. The summed E-state index contributed by atoms with van der Waals surface area (Å²) in [6.45, 7) is 0.0682. The number of thioether (sulfide) groups is 1. The van der Waals surface area contributed by atoms with Gasteiger partial charge in [0.15, 0.2) is 0 Å². The number of carbonyl (C=O) groups is 2. The largest absolute Gasteiger partial charge is 0.506 e. The molecule has 0 spiro atoms. The molecule has 1 atom stereocenters. The number of rotatable bonds is 8. The average molecular weight is 552 g/mol. The van der Waals surface area contributed by atoms with Crippen LogP contribution in [-0.4, -0.2) is 40.7 Å². The van der Waals surface area contributed by atoms with Gasteiger partial charge in [0.2, 0.25) is 0 Å². The highest BCUT2D eigenvalue weighted by Gasteiger charge is 2.29. The number of alkyl carbamates (subject to hydrolysis) is 1. The second-order valence-electron chi connectivity index (χ2n) is 8.77. The van der Waals surface area contributed by atoms with E-state index in [0.717, 1.165) is 22.3 Å². The summed E-state index contributed by atoms with van der Waals surface area (Å²) in [6.07, 6.45) is -0.826. The zero-order chi connectivity index (χ0) is 26.8. The van der Waals surface area contributed by atoms with Crippen LogP contribution in [0.3, 0.4) is 0 Å². The molecule has 1 aliphatic rings. The van der Waals surface area contributed by atoms with Crippen LogP contribution in [0.4, 0.5) is 4.79 Å². The monoisotopic (exact) mass is 551 g/mol. The van der Waals surface area contributed by atoms with Crippen molar-refractivity contribution < 1.29 is 29.0 Å². The Morgan fingerprint density at radius 2 is 1.71 bits per heavy atom. The van der Waals surface area contributed by atoms with Crippen LogP contribution in [0.5, 0.6) is 5.75 Å². The van der Waals surface area contributed by atoms with Crippen molar-refractivity contribution in [2.24, 2.45) is 0 Å². The minimum Gasteiger partial charge on any atom is -0.506 e. The first-order valence-corrected chi connectivity index (χ1v) is 13.2. The van der Waals surface area contributed by atoms with Gasteiger partial charge in [-0.3, -0.25) is 0 Å². The molecule has 194 valence electrons. The van der Waals surface area contributed by atoms with E-state index in [4.69, 9.17) is 20.8 Å². The lowest BCUT2D eigenvalue weighted by Gasteiger charge is -2.17. The normalized spacial score (nSPS) is 13.1. The van der Waals surface area contributed by atoms with Crippen molar-refractivity contribution in [3.05, 3.63) is 98.9 Å². The molecule has 0 fully saturated rings. The maximum Gasteiger partial charge on any atom is 0.407 e. The molecule has 1 aromatic heterocycles. The van der Waals surface area contributed by atoms with E-state index in [2.05, 4.69) is 5.32 Å². The Bertz CT molecular complexity index is 1560. The summed E-state index contributed by atoms with van der Waals surface area (Å²) in [7, 11) is 0. The maximum absolute atomic E-state index is 12.6. The Labute approximate surface area is 226 Å². The molecule has 3 N–H and O–H groups in total. The summed E-state index contributed by atoms with van der Waals surface area (Å²) < 4.78 is 10.6. The molecular formula is C28H22ClNO7S. The standard InChI is InChI=1S/C28H22ClNO7S/c29-22-10-20-15(9-26(32)37-25(20)11-24(22)31)13-38-14-23(27(33)34)30-28(35)36-12-21-18-7-3-1-5-16(18)17-6-2-4-8-19(17)21/h1-11,21,23,31H,12-14H2,(H,30,35)(H,33,34)/t23-/m0/s1. The second kappa shape index (κ2) is 10.8. The number of carboxylic acid groups (broad SMARTS) is 1. The number of carboxylic acids is 1.